The number of sulfonamides is 1. The summed E-state index contributed by atoms with van der Waals surface area (Å²) in [5.74, 6) is 0.891. The SMILES string of the molecule is CC1CCN(C(=O)CCc2ccc(S(=O)(=O)NCc3ccccc3)cc2)CC1. The Labute approximate surface area is 167 Å². The molecule has 0 spiro atoms. The Morgan fingerprint density at radius 2 is 1.64 bits per heavy atom. The van der Waals surface area contributed by atoms with E-state index in [1.54, 1.807) is 24.3 Å². The summed E-state index contributed by atoms with van der Waals surface area (Å²) in [6.07, 6.45) is 3.25. The van der Waals surface area contributed by atoms with E-state index in [2.05, 4.69) is 11.6 Å². The van der Waals surface area contributed by atoms with Gasteiger partial charge >= 0.3 is 0 Å². The monoisotopic (exact) mass is 400 g/mol. The first-order chi connectivity index (χ1) is 13.4. The van der Waals surface area contributed by atoms with E-state index >= 15 is 0 Å². The van der Waals surface area contributed by atoms with Crippen molar-refractivity contribution in [1.29, 1.82) is 0 Å². The number of piperidine rings is 1. The number of carbonyl (C=O) groups excluding carboxylic acids is 1. The van der Waals surface area contributed by atoms with Crippen molar-refractivity contribution in [3.63, 3.8) is 0 Å². The lowest BCUT2D eigenvalue weighted by molar-refractivity contribution is -0.132. The predicted molar refractivity (Wildman–Crippen MR) is 110 cm³/mol. The Hall–Kier alpha value is -2.18. The van der Waals surface area contributed by atoms with E-state index in [0.29, 0.717) is 18.8 Å². The highest BCUT2D eigenvalue weighted by Gasteiger charge is 2.20. The zero-order chi connectivity index (χ0) is 20.0. The third-order valence-electron chi connectivity index (χ3n) is 5.31. The summed E-state index contributed by atoms with van der Waals surface area (Å²) in [5.41, 5.74) is 1.88. The van der Waals surface area contributed by atoms with E-state index in [1.165, 1.54) is 0 Å². The maximum atomic E-state index is 12.4. The number of hydrogen-bond donors (Lipinski definition) is 1. The van der Waals surface area contributed by atoms with Crippen LogP contribution in [-0.2, 0) is 27.8 Å². The van der Waals surface area contributed by atoms with Gasteiger partial charge in [-0.05, 0) is 48.4 Å². The minimum Gasteiger partial charge on any atom is -0.343 e. The quantitative estimate of drug-likeness (QED) is 0.775. The second-order valence-corrected chi connectivity index (χ2v) is 9.28. The smallest absolute Gasteiger partial charge is 0.240 e. The van der Waals surface area contributed by atoms with Crippen LogP contribution in [0.5, 0.6) is 0 Å². The van der Waals surface area contributed by atoms with Crippen LogP contribution >= 0.6 is 0 Å². The number of benzene rings is 2. The van der Waals surface area contributed by atoms with Gasteiger partial charge in [-0.3, -0.25) is 4.79 Å². The maximum Gasteiger partial charge on any atom is 0.240 e. The van der Waals surface area contributed by atoms with Crippen LogP contribution in [0.15, 0.2) is 59.5 Å². The van der Waals surface area contributed by atoms with Gasteiger partial charge in [-0.15, -0.1) is 0 Å². The Morgan fingerprint density at radius 3 is 2.29 bits per heavy atom. The predicted octanol–water partition coefficient (Wildman–Crippen LogP) is 3.36. The van der Waals surface area contributed by atoms with Crippen LogP contribution < -0.4 is 4.72 Å². The summed E-state index contributed by atoms with van der Waals surface area (Å²) in [6, 6.07) is 16.2. The van der Waals surface area contributed by atoms with Crippen LogP contribution in [0, 0.1) is 5.92 Å². The number of aryl methyl sites for hydroxylation is 1. The van der Waals surface area contributed by atoms with Crippen molar-refractivity contribution in [2.45, 2.75) is 44.0 Å². The highest BCUT2D eigenvalue weighted by atomic mass is 32.2. The lowest BCUT2D eigenvalue weighted by atomic mass is 9.98. The van der Waals surface area contributed by atoms with Crippen molar-refractivity contribution in [1.82, 2.24) is 9.62 Å². The van der Waals surface area contributed by atoms with E-state index in [9.17, 15) is 13.2 Å². The van der Waals surface area contributed by atoms with E-state index in [-0.39, 0.29) is 17.3 Å². The molecule has 0 aliphatic carbocycles. The van der Waals surface area contributed by atoms with Gasteiger partial charge in [0, 0.05) is 26.1 Å². The third kappa shape index (κ3) is 5.66. The molecule has 0 saturated carbocycles. The third-order valence-corrected chi connectivity index (χ3v) is 6.72. The molecule has 0 unspecified atom stereocenters. The molecule has 3 rings (SSSR count). The largest absolute Gasteiger partial charge is 0.343 e. The molecule has 2 aromatic carbocycles. The zero-order valence-electron chi connectivity index (χ0n) is 16.3. The molecule has 0 atom stereocenters. The van der Waals surface area contributed by atoms with Gasteiger partial charge in [0.05, 0.1) is 4.90 Å². The van der Waals surface area contributed by atoms with Crippen molar-refractivity contribution in [2.75, 3.05) is 13.1 Å². The van der Waals surface area contributed by atoms with Crippen LogP contribution in [0.4, 0.5) is 0 Å². The van der Waals surface area contributed by atoms with E-state index in [1.807, 2.05) is 35.2 Å². The summed E-state index contributed by atoms with van der Waals surface area (Å²) in [4.78, 5) is 14.5. The Balaban J connectivity index is 1.52. The highest BCUT2D eigenvalue weighted by molar-refractivity contribution is 7.89. The first kappa shape index (κ1) is 20.6. The lowest BCUT2D eigenvalue weighted by Crippen LogP contribution is -2.37. The normalized spacial score (nSPS) is 15.5. The van der Waals surface area contributed by atoms with Gasteiger partial charge in [0.2, 0.25) is 15.9 Å². The van der Waals surface area contributed by atoms with Gasteiger partial charge in [0.25, 0.3) is 0 Å². The Kier molecular flexibility index (Phi) is 6.86. The van der Waals surface area contributed by atoms with Crippen molar-refractivity contribution in [3.05, 3.63) is 65.7 Å². The fraction of sp³-hybridized carbons (Fsp3) is 0.409. The first-order valence-corrected chi connectivity index (χ1v) is 11.3. The van der Waals surface area contributed by atoms with Gasteiger partial charge in [-0.1, -0.05) is 49.4 Å². The second-order valence-electron chi connectivity index (χ2n) is 7.52. The molecule has 1 N–H and O–H groups in total. The summed E-state index contributed by atoms with van der Waals surface area (Å²) in [5, 5.41) is 0. The number of hydrogen-bond acceptors (Lipinski definition) is 3. The van der Waals surface area contributed by atoms with Crippen LogP contribution in [-0.4, -0.2) is 32.3 Å². The van der Waals surface area contributed by atoms with E-state index < -0.39 is 10.0 Å². The van der Waals surface area contributed by atoms with E-state index in [4.69, 9.17) is 0 Å². The molecule has 1 aliphatic heterocycles. The number of rotatable bonds is 7. The Morgan fingerprint density at radius 1 is 1.00 bits per heavy atom. The molecule has 1 amide bonds. The standard InChI is InChI=1S/C22H28N2O3S/c1-18-13-15-24(16-14-18)22(25)12-9-19-7-10-21(11-8-19)28(26,27)23-17-20-5-3-2-4-6-20/h2-8,10-11,18,23H,9,12-17H2,1H3. The van der Waals surface area contributed by atoms with Gasteiger partial charge in [0.1, 0.15) is 0 Å². The number of nitrogens with zero attached hydrogens (tertiary/aromatic N) is 1. The Bertz CT molecular complexity index is 872. The fourth-order valence-electron chi connectivity index (χ4n) is 3.36. The molecule has 0 bridgehead atoms. The van der Waals surface area contributed by atoms with E-state index in [0.717, 1.165) is 37.1 Å². The van der Waals surface area contributed by atoms with Crippen LogP contribution in [0.2, 0.25) is 0 Å². The number of carbonyl (C=O) groups is 1. The van der Waals surface area contributed by atoms with Gasteiger partial charge in [-0.25, -0.2) is 13.1 Å². The summed E-state index contributed by atoms with van der Waals surface area (Å²) >= 11 is 0. The van der Waals surface area contributed by atoms with Crippen LogP contribution in [0.1, 0.15) is 37.3 Å². The molecular weight excluding hydrogens is 372 g/mol. The fourth-order valence-corrected chi connectivity index (χ4v) is 4.38. The molecular formula is C22H28N2O3S. The maximum absolute atomic E-state index is 12.4. The molecule has 1 heterocycles. The molecule has 0 aromatic heterocycles. The second kappa shape index (κ2) is 9.34. The molecule has 5 nitrogen and oxygen atoms in total. The highest BCUT2D eigenvalue weighted by Crippen LogP contribution is 2.18. The van der Waals surface area contributed by atoms with Gasteiger partial charge in [-0.2, -0.15) is 0 Å². The van der Waals surface area contributed by atoms with Crippen LogP contribution in [0.25, 0.3) is 0 Å². The topological polar surface area (TPSA) is 66.5 Å². The molecule has 2 aromatic rings. The molecule has 1 fully saturated rings. The molecule has 1 aliphatic rings. The molecule has 1 saturated heterocycles. The average molecular weight is 401 g/mol. The summed E-state index contributed by atoms with van der Waals surface area (Å²) in [7, 11) is -3.55. The number of nitrogens with one attached hydrogen (secondary N) is 1. The van der Waals surface area contributed by atoms with Crippen molar-refractivity contribution >= 4 is 15.9 Å². The summed E-state index contributed by atoms with van der Waals surface area (Å²) in [6.45, 7) is 4.19. The van der Waals surface area contributed by atoms with Gasteiger partial charge < -0.3 is 4.90 Å². The molecule has 0 radical (unpaired) electrons. The molecule has 6 heteroatoms. The molecule has 28 heavy (non-hydrogen) atoms. The minimum absolute atomic E-state index is 0.188. The molecule has 150 valence electrons. The summed E-state index contributed by atoms with van der Waals surface area (Å²) < 4.78 is 27.5. The van der Waals surface area contributed by atoms with Crippen molar-refractivity contribution in [3.8, 4) is 0 Å². The lowest BCUT2D eigenvalue weighted by Gasteiger charge is -2.30. The number of likely N-dealkylation sites (tertiary alicyclic amines) is 1. The van der Waals surface area contributed by atoms with Crippen molar-refractivity contribution < 1.29 is 13.2 Å². The number of amides is 1. The minimum atomic E-state index is -3.55. The first-order valence-electron chi connectivity index (χ1n) is 9.84. The zero-order valence-corrected chi connectivity index (χ0v) is 17.1. The average Bonchev–Trinajstić information content (AvgIpc) is 2.72. The van der Waals surface area contributed by atoms with Crippen molar-refractivity contribution in [2.24, 2.45) is 5.92 Å². The van der Waals surface area contributed by atoms with Crippen LogP contribution in [0.3, 0.4) is 0 Å². The van der Waals surface area contributed by atoms with Gasteiger partial charge in [0.15, 0.2) is 0 Å².